The molecular weight excluding hydrogens is 388 g/mol. The van der Waals surface area contributed by atoms with Crippen LogP contribution in [0.3, 0.4) is 0 Å². The van der Waals surface area contributed by atoms with E-state index in [0.717, 1.165) is 41.0 Å². The summed E-state index contributed by atoms with van der Waals surface area (Å²) < 4.78 is 33.7. The summed E-state index contributed by atoms with van der Waals surface area (Å²) in [5.41, 5.74) is 3.88. The van der Waals surface area contributed by atoms with E-state index >= 15 is 0 Å². The third-order valence-electron chi connectivity index (χ3n) is 3.90. The fourth-order valence-corrected chi connectivity index (χ4v) is 2.66. The molecule has 2 aromatic carbocycles. The number of rotatable bonds is 1. The molecular formula is C20H18CrO6. The van der Waals surface area contributed by atoms with Crippen molar-refractivity contribution in [1.29, 1.82) is 0 Å². The molecule has 0 spiro atoms. The Morgan fingerprint density at radius 2 is 1.67 bits per heavy atom. The van der Waals surface area contributed by atoms with Gasteiger partial charge in [-0.1, -0.05) is 12.1 Å². The summed E-state index contributed by atoms with van der Waals surface area (Å²) >= 11 is 0. The molecule has 7 heteroatoms. The van der Waals surface area contributed by atoms with E-state index < -0.39 is 0 Å². The monoisotopic (exact) mass is 406 g/mol. The van der Waals surface area contributed by atoms with Gasteiger partial charge in [-0.05, 0) is 49.1 Å². The van der Waals surface area contributed by atoms with E-state index in [2.05, 4.69) is 32.1 Å². The van der Waals surface area contributed by atoms with Gasteiger partial charge >= 0.3 is 33.9 Å². The van der Waals surface area contributed by atoms with Gasteiger partial charge in [0.05, 0.1) is 7.11 Å². The molecule has 0 aliphatic carbocycles. The van der Waals surface area contributed by atoms with Gasteiger partial charge in [-0.3, -0.25) is 0 Å². The number of methoxy groups -OCH3 is 1. The summed E-state index contributed by atoms with van der Waals surface area (Å²) in [7, 11) is 1.65. The van der Waals surface area contributed by atoms with E-state index in [4.69, 9.17) is 23.4 Å². The molecule has 0 aromatic heterocycles. The molecule has 2 aromatic rings. The first-order valence-corrected chi connectivity index (χ1v) is 7.40. The second-order valence-corrected chi connectivity index (χ2v) is 5.13. The predicted octanol–water partition coefficient (Wildman–Crippen LogP) is 3.27. The topological polar surface area (TPSA) is 98.4 Å². The van der Waals surface area contributed by atoms with Crippen molar-refractivity contribution in [1.82, 2.24) is 0 Å². The number of hydrogen-bond donors (Lipinski definition) is 1. The van der Waals surface area contributed by atoms with Gasteiger partial charge in [0.1, 0.15) is 23.9 Å². The largest absolute Gasteiger partial charge is 0 e. The number of ether oxygens (including phenoxy) is 2. The Kier molecular flexibility index (Phi) is 14.6. The first-order valence-electron chi connectivity index (χ1n) is 7.40. The van der Waals surface area contributed by atoms with Gasteiger partial charge in [0, 0.05) is 28.5 Å². The zero-order valence-corrected chi connectivity index (χ0v) is 16.2. The molecule has 1 heterocycles. The minimum Gasteiger partial charge on any atom is 0 e. The maximum Gasteiger partial charge on any atom is 0 e. The van der Waals surface area contributed by atoms with E-state index in [1.54, 1.807) is 7.11 Å². The average molecular weight is 406 g/mol. The number of aryl methyl sites for hydroxylation is 2. The number of phenols is 1. The van der Waals surface area contributed by atoms with Crippen LogP contribution in [0.2, 0.25) is 0 Å². The van der Waals surface area contributed by atoms with Crippen LogP contribution in [-0.2, 0) is 50.8 Å². The standard InChI is InChI=1S/C17H18O3.3CO.Cr/c1-11-15-10-20-14-5-3-4-12(8-14)6-7-13(17(15)18)9-16(11)19-2;3*1-2;/h3-5,8-9,18H,6-7,10H2,1-2H3;;;;. The zero-order valence-electron chi connectivity index (χ0n) is 14.9. The third-order valence-corrected chi connectivity index (χ3v) is 3.90. The Labute approximate surface area is 169 Å². The molecule has 0 saturated heterocycles. The number of aromatic hydroxyl groups is 1. The van der Waals surface area contributed by atoms with Gasteiger partial charge in [-0.2, -0.15) is 0 Å². The van der Waals surface area contributed by atoms with Crippen LogP contribution in [-0.4, -0.2) is 12.2 Å². The first kappa shape index (κ1) is 26.8. The Balaban J connectivity index is 0. The molecule has 0 amide bonds. The van der Waals surface area contributed by atoms with Crippen molar-refractivity contribution in [3.05, 3.63) is 72.5 Å². The van der Waals surface area contributed by atoms with Crippen molar-refractivity contribution in [3.8, 4) is 17.2 Å². The van der Waals surface area contributed by atoms with Crippen molar-refractivity contribution >= 4 is 0 Å². The average Bonchev–Trinajstić information content (AvgIpc) is 2.71. The Hall–Kier alpha value is -2.41. The zero-order chi connectivity index (χ0) is 20.1. The summed E-state index contributed by atoms with van der Waals surface area (Å²) in [6.07, 6.45) is 1.66. The van der Waals surface area contributed by atoms with Crippen LogP contribution in [0.25, 0.3) is 0 Å². The van der Waals surface area contributed by atoms with Crippen LogP contribution in [0.5, 0.6) is 17.2 Å². The molecule has 0 atom stereocenters. The Bertz CT molecular complexity index is 766. The SMILES string of the molecule is COc1cc2c(O)c(c1C)COc1cccc(c1)CC2.[C-]#[O+].[C-]#[O+].[C-]#[O+].[Cr]. The van der Waals surface area contributed by atoms with Crippen molar-refractivity contribution in [2.24, 2.45) is 0 Å². The van der Waals surface area contributed by atoms with Gasteiger partial charge in [0.15, 0.2) is 0 Å². The molecule has 140 valence electrons. The molecule has 1 aliphatic rings. The summed E-state index contributed by atoms with van der Waals surface area (Å²) in [5, 5.41) is 10.4. The maximum atomic E-state index is 10.4. The van der Waals surface area contributed by atoms with E-state index in [9.17, 15) is 5.11 Å². The predicted molar refractivity (Wildman–Crippen MR) is 89.4 cm³/mol. The van der Waals surface area contributed by atoms with Crippen molar-refractivity contribution in [2.45, 2.75) is 26.4 Å². The quantitative estimate of drug-likeness (QED) is 0.581. The molecule has 0 unspecified atom stereocenters. The normalized spacial score (nSPS) is 10.2. The van der Waals surface area contributed by atoms with Crippen molar-refractivity contribution in [3.63, 3.8) is 0 Å². The van der Waals surface area contributed by atoms with Gasteiger partial charge < -0.3 is 14.6 Å². The summed E-state index contributed by atoms with van der Waals surface area (Å²) in [6, 6.07) is 10.0. The van der Waals surface area contributed by atoms with E-state index in [0.29, 0.717) is 12.4 Å². The molecule has 6 nitrogen and oxygen atoms in total. The molecule has 4 bridgehead atoms. The second-order valence-electron chi connectivity index (χ2n) is 5.13. The van der Waals surface area contributed by atoms with Crippen LogP contribution >= 0.6 is 0 Å². The van der Waals surface area contributed by atoms with Crippen LogP contribution in [0.15, 0.2) is 30.3 Å². The molecule has 3 rings (SSSR count). The van der Waals surface area contributed by atoms with E-state index in [1.165, 1.54) is 5.56 Å². The van der Waals surface area contributed by atoms with Gasteiger partial charge in [-0.25, -0.2) is 0 Å². The Morgan fingerprint density at radius 1 is 1.04 bits per heavy atom. The number of phenolic OH excluding ortho intramolecular Hbond substituents is 1. The molecule has 27 heavy (non-hydrogen) atoms. The van der Waals surface area contributed by atoms with Gasteiger partial charge in [-0.15, -0.1) is 0 Å². The van der Waals surface area contributed by atoms with Crippen LogP contribution in [0, 0.1) is 26.9 Å². The fraction of sp³-hybridized carbons (Fsp3) is 0.250. The molecule has 0 radical (unpaired) electrons. The smallest absolute Gasteiger partial charge is 0 e. The number of benzene rings is 2. The maximum absolute atomic E-state index is 10.4. The van der Waals surface area contributed by atoms with Gasteiger partial charge in [0.2, 0.25) is 0 Å². The van der Waals surface area contributed by atoms with Gasteiger partial charge in [0.25, 0.3) is 0 Å². The van der Waals surface area contributed by atoms with Crippen LogP contribution in [0.1, 0.15) is 22.3 Å². The van der Waals surface area contributed by atoms with Crippen LogP contribution < -0.4 is 9.47 Å². The molecule has 0 saturated carbocycles. The molecule has 0 fully saturated rings. The first-order chi connectivity index (χ1) is 12.7. The summed E-state index contributed by atoms with van der Waals surface area (Å²) in [4.78, 5) is 0. The van der Waals surface area contributed by atoms with Crippen LogP contribution in [0.4, 0.5) is 0 Å². The molecule has 1 aliphatic heterocycles. The molecule has 1 N–H and O–H groups in total. The second kappa shape index (κ2) is 14.7. The minimum atomic E-state index is 0. The van der Waals surface area contributed by atoms with Crippen molar-refractivity contribution in [2.75, 3.05) is 7.11 Å². The minimum absolute atomic E-state index is 0. The van der Waals surface area contributed by atoms with Crippen molar-refractivity contribution < 1.29 is 45.9 Å². The van der Waals surface area contributed by atoms with E-state index in [-0.39, 0.29) is 17.4 Å². The summed E-state index contributed by atoms with van der Waals surface area (Å²) in [6.45, 7) is 15.8. The number of fused-ring (bicyclic) bond motifs is 4. The Morgan fingerprint density at radius 3 is 2.26 bits per heavy atom. The fourth-order valence-electron chi connectivity index (χ4n) is 2.66. The van der Waals surface area contributed by atoms with E-state index in [1.807, 2.05) is 25.1 Å². The third kappa shape index (κ3) is 7.02. The number of hydrogen-bond acceptors (Lipinski definition) is 3. The summed E-state index contributed by atoms with van der Waals surface area (Å²) in [5.74, 6) is 1.99.